The lowest BCUT2D eigenvalue weighted by molar-refractivity contribution is 0.551. The molecule has 0 aliphatic rings. The number of unbranched alkanes of at least 4 members (excludes halogenated alkanes) is 3. The molecule has 1 atom stereocenters. The van der Waals surface area contributed by atoms with E-state index < -0.39 is 0 Å². The molecule has 1 unspecified atom stereocenters. The van der Waals surface area contributed by atoms with Crippen molar-refractivity contribution >= 4 is 0 Å². The van der Waals surface area contributed by atoms with Crippen LogP contribution in [0.3, 0.4) is 0 Å². The fourth-order valence-corrected chi connectivity index (χ4v) is 1.94. The lowest BCUT2D eigenvalue weighted by atomic mass is 10.0. The van der Waals surface area contributed by atoms with Gasteiger partial charge in [0.15, 0.2) is 0 Å². The van der Waals surface area contributed by atoms with E-state index in [0.29, 0.717) is 0 Å². The normalized spacial score (nSPS) is 12.6. The van der Waals surface area contributed by atoms with Crippen LogP contribution in [0.2, 0.25) is 0 Å². The maximum Gasteiger partial charge on any atom is 0.123 e. The van der Waals surface area contributed by atoms with Gasteiger partial charge in [0.05, 0.1) is 0 Å². The first kappa shape index (κ1) is 15.1. The van der Waals surface area contributed by atoms with E-state index in [1.807, 2.05) is 0 Å². The van der Waals surface area contributed by atoms with E-state index in [2.05, 4.69) is 12.2 Å². The molecule has 18 heavy (non-hydrogen) atoms. The SMILES string of the molecule is CCCCCCNCCC(N)c1ccc(F)cc1. The Morgan fingerprint density at radius 2 is 1.83 bits per heavy atom. The van der Waals surface area contributed by atoms with Crippen molar-refractivity contribution in [1.29, 1.82) is 0 Å². The summed E-state index contributed by atoms with van der Waals surface area (Å²) in [6.07, 6.45) is 6.01. The van der Waals surface area contributed by atoms with E-state index in [-0.39, 0.29) is 11.9 Å². The van der Waals surface area contributed by atoms with Crippen molar-refractivity contribution in [2.75, 3.05) is 13.1 Å². The molecule has 1 rings (SSSR count). The van der Waals surface area contributed by atoms with Gasteiger partial charge in [-0.3, -0.25) is 0 Å². The van der Waals surface area contributed by atoms with E-state index in [9.17, 15) is 4.39 Å². The largest absolute Gasteiger partial charge is 0.324 e. The Morgan fingerprint density at radius 1 is 1.11 bits per heavy atom. The summed E-state index contributed by atoms with van der Waals surface area (Å²) in [5, 5.41) is 3.40. The summed E-state index contributed by atoms with van der Waals surface area (Å²) in [5.74, 6) is -0.208. The standard InChI is InChI=1S/C15H25FN2/c1-2-3-4-5-11-18-12-10-15(17)13-6-8-14(16)9-7-13/h6-9,15,18H,2-5,10-12,17H2,1H3. The van der Waals surface area contributed by atoms with Crippen molar-refractivity contribution < 1.29 is 4.39 Å². The first-order valence-electron chi connectivity index (χ1n) is 6.95. The molecule has 0 aliphatic heterocycles. The zero-order chi connectivity index (χ0) is 13.2. The molecule has 0 saturated carbocycles. The fraction of sp³-hybridized carbons (Fsp3) is 0.600. The number of rotatable bonds is 9. The number of hydrogen-bond acceptors (Lipinski definition) is 2. The highest BCUT2D eigenvalue weighted by atomic mass is 19.1. The van der Waals surface area contributed by atoms with E-state index in [0.717, 1.165) is 25.1 Å². The van der Waals surface area contributed by atoms with E-state index in [1.165, 1.54) is 37.8 Å². The third-order valence-corrected chi connectivity index (χ3v) is 3.14. The lowest BCUT2D eigenvalue weighted by Crippen LogP contribution is -2.22. The third kappa shape index (κ3) is 6.12. The second kappa shape index (κ2) is 9.06. The van der Waals surface area contributed by atoms with Gasteiger partial charge in [-0.15, -0.1) is 0 Å². The summed E-state index contributed by atoms with van der Waals surface area (Å²) < 4.78 is 12.8. The van der Waals surface area contributed by atoms with E-state index in [4.69, 9.17) is 5.73 Å². The van der Waals surface area contributed by atoms with Crippen LogP contribution in [0, 0.1) is 5.82 Å². The van der Waals surface area contributed by atoms with Crippen LogP contribution in [0.4, 0.5) is 4.39 Å². The van der Waals surface area contributed by atoms with Crippen molar-refractivity contribution in [1.82, 2.24) is 5.32 Å². The molecule has 0 heterocycles. The second-order valence-corrected chi connectivity index (χ2v) is 4.76. The van der Waals surface area contributed by atoms with Gasteiger partial charge < -0.3 is 11.1 Å². The molecule has 2 nitrogen and oxygen atoms in total. The fourth-order valence-electron chi connectivity index (χ4n) is 1.94. The van der Waals surface area contributed by atoms with Crippen LogP contribution in [0.1, 0.15) is 50.6 Å². The first-order chi connectivity index (χ1) is 8.74. The molecular weight excluding hydrogens is 227 g/mol. The van der Waals surface area contributed by atoms with E-state index in [1.54, 1.807) is 12.1 Å². The average Bonchev–Trinajstić information content (AvgIpc) is 2.38. The Bertz CT molecular complexity index is 311. The molecule has 0 spiro atoms. The molecule has 0 saturated heterocycles. The Morgan fingerprint density at radius 3 is 2.50 bits per heavy atom. The smallest absolute Gasteiger partial charge is 0.123 e. The molecular formula is C15H25FN2. The number of benzene rings is 1. The summed E-state index contributed by atoms with van der Waals surface area (Å²) in [6.45, 7) is 4.20. The van der Waals surface area contributed by atoms with Crippen LogP contribution in [-0.2, 0) is 0 Å². The zero-order valence-corrected chi connectivity index (χ0v) is 11.3. The minimum atomic E-state index is -0.208. The summed E-state index contributed by atoms with van der Waals surface area (Å²) in [7, 11) is 0. The Labute approximate surface area is 110 Å². The van der Waals surface area contributed by atoms with Gasteiger partial charge in [0.25, 0.3) is 0 Å². The van der Waals surface area contributed by atoms with Crippen LogP contribution in [0.25, 0.3) is 0 Å². The van der Waals surface area contributed by atoms with Gasteiger partial charge in [-0.2, -0.15) is 0 Å². The summed E-state index contributed by atoms with van der Waals surface area (Å²) in [4.78, 5) is 0. The molecule has 0 fully saturated rings. The lowest BCUT2D eigenvalue weighted by Gasteiger charge is -2.12. The van der Waals surface area contributed by atoms with Gasteiger partial charge >= 0.3 is 0 Å². The molecule has 3 N–H and O–H groups in total. The van der Waals surface area contributed by atoms with Gasteiger partial charge in [-0.25, -0.2) is 4.39 Å². The van der Waals surface area contributed by atoms with Gasteiger partial charge in [-0.1, -0.05) is 38.3 Å². The molecule has 0 bridgehead atoms. The highest BCUT2D eigenvalue weighted by Crippen LogP contribution is 2.13. The number of nitrogens with one attached hydrogen (secondary N) is 1. The van der Waals surface area contributed by atoms with Crippen molar-refractivity contribution in [3.8, 4) is 0 Å². The Kier molecular flexibility index (Phi) is 7.62. The molecule has 0 radical (unpaired) electrons. The predicted octanol–water partition coefficient (Wildman–Crippen LogP) is 3.39. The van der Waals surface area contributed by atoms with Gasteiger partial charge in [0.1, 0.15) is 5.82 Å². The highest BCUT2D eigenvalue weighted by Gasteiger charge is 2.05. The van der Waals surface area contributed by atoms with Crippen LogP contribution in [-0.4, -0.2) is 13.1 Å². The quantitative estimate of drug-likeness (QED) is 0.661. The van der Waals surface area contributed by atoms with Crippen molar-refractivity contribution in [3.05, 3.63) is 35.6 Å². The topological polar surface area (TPSA) is 38.0 Å². The van der Waals surface area contributed by atoms with Crippen LogP contribution < -0.4 is 11.1 Å². The van der Waals surface area contributed by atoms with Gasteiger partial charge in [0, 0.05) is 6.04 Å². The van der Waals surface area contributed by atoms with E-state index >= 15 is 0 Å². The third-order valence-electron chi connectivity index (χ3n) is 3.14. The summed E-state index contributed by atoms with van der Waals surface area (Å²) in [6, 6.07) is 6.46. The summed E-state index contributed by atoms with van der Waals surface area (Å²) in [5.41, 5.74) is 7.05. The van der Waals surface area contributed by atoms with Crippen molar-refractivity contribution in [2.45, 2.75) is 45.1 Å². The second-order valence-electron chi connectivity index (χ2n) is 4.76. The molecule has 0 aliphatic carbocycles. The van der Waals surface area contributed by atoms with Crippen LogP contribution in [0.15, 0.2) is 24.3 Å². The van der Waals surface area contributed by atoms with Crippen LogP contribution >= 0.6 is 0 Å². The molecule has 0 aromatic heterocycles. The minimum absolute atomic E-state index is 0.00579. The van der Waals surface area contributed by atoms with Gasteiger partial charge in [-0.05, 0) is 43.6 Å². The molecule has 3 heteroatoms. The maximum absolute atomic E-state index is 12.8. The predicted molar refractivity (Wildman–Crippen MR) is 75.0 cm³/mol. The number of halogens is 1. The Balaban J connectivity index is 2.10. The summed E-state index contributed by atoms with van der Waals surface area (Å²) >= 11 is 0. The molecule has 102 valence electrons. The van der Waals surface area contributed by atoms with Gasteiger partial charge in [0.2, 0.25) is 0 Å². The first-order valence-corrected chi connectivity index (χ1v) is 6.95. The minimum Gasteiger partial charge on any atom is -0.324 e. The van der Waals surface area contributed by atoms with Crippen molar-refractivity contribution in [2.24, 2.45) is 5.73 Å². The number of hydrogen-bond donors (Lipinski definition) is 2. The van der Waals surface area contributed by atoms with Crippen molar-refractivity contribution in [3.63, 3.8) is 0 Å². The molecule has 1 aromatic carbocycles. The monoisotopic (exact) mass is 252 g/mol. The Hall–Kier alpha value is -0.930. The maximum atomic E-state index is 12.8. The van der Waals surface area contributed by atoms with Crippen LogP contribution in [0.5, 0.6) is 0 Å². The zero-order valence-electron chi connectivity index (χ0n) is 11.3. The molecule has 0 amide bonds. The number of nitrogens with two attached hydrogens (primary N) is 1. The molecule has 1 aromatic rings. The average molecular weight is 252 g/mol. The highest BCUT2D eigenvalue weighted by molar-refractivity contribution is 5.19.